The second-order valence-electron chi connectivity index (χ2n) is 6.38. The molecule has 0 fully saturated rings. The Bertz CT molecular complexity index is 1170. The molecule has 0 saturated heterocycles. The van der Waals surface area contributed by atoms with E-state index >= 15 is 0 Å². The lowest BCUT2D eigenvalue weighted by Gasteiger charge is -2.14. The first kappa shape index (κ1) is 20.9. The van der Waals surface area contributed by atoms with Crippen LogP contribution in [0.15, 0.2) is 26.2 Å². The van der Waals surface area contributed by atoms with E-state index in [1.807, 2.05) is 13.8 Å². The Hall–Kier alpha value is -2.85. The van der Waals surface area contributed by atoms with Crippen LogP contribution in [0, 0.1) is 5.82 Å². The van der Waals surface area contributed by atoms with E-state index in [0.29, 0.717) is 5.56 Å². The monoisotopic (exact) mass is 443 g/mol. The quantitative estimate of drug-likeness (QED) is 0.560. The lowest BCUT2D eigenvalue weighted by atomic mass is 10.1. The highest BCUT2D eigenvalue weighted by molar-refractivity contribution is 6.37. The standard InChI is InChI=1S/C17H16Cl2FN5O4/c1-7(2)8-4-12(23-25(3)16(8)26)28-15-9(18)5-10(14(20)13(15)19)21-6-11-22-17(27)29-24-11/h4-5,7,21H,6H2,1-3H3,(H,22,24,27). The Balaban J connectivity index is 1.90. The van der Waals surface area contributed by atoms with Crippen molar-refractivity contribution < 1.29 is 13.7 Å². The van der Waals surface area contributed by atoms with Gasteiger partial charge in [0.05, 0.1) is 17.3 Å². The van der Waals surface area contributed by atoms with Crippen LogP contribution >= 0.6 is 23.2 Å². The molecule has 9 nitrogen and oxygen atoms in total. The van der Waals surface area contributed by atoms with E-state index < -0.39 is 11.6 Å². The van der Waals surface area contributed by atoms with Crippen LogP contribution < -0.4 is 21.4 Å². The van der Waals surface area contributed by atoms with Crippen molar-refractivity contribution in [1.29, 1.82) is 0 Å². The van der Waals surface area contributed by atoms with Gasteiger partial charge in [0.1, 0.15) is 5.02 Å². The zero-order valence-corrected chi connectivity index (χ0v) is 17.1. The van der Waals surface area contributed by atoms with Crippen LogP contribution in [0.5, 0.6) is 11.6 Å². The second-order valence-corrected chi connectivity index (χ2v) is 7.17. The number of ether oxygens (including phenoxy) is 1. The molecule has 3 rings (SSSR count). The van der Waals surface area contributed by atoms with Crippen LogP contribution in [0.1, 0.15) is 31.2 Å². The first-order valence-corrected chi connectivity index (χ1v) is 9.15. The first-order valence-electron chi connectivity index (χ1n) is 8.39. The van der Waals surface area contributed by atoms with Gasteiger partial charge in [-0.3, -0.25) is 14.3 Å². The number of nitrogens with zero attached hydrogens (tertiary/aromatic N) is 3. The van der Waals surface area contributed by atoms with Crippen LogP contribution in [0.4, 0.5) is 10.1 Å². The number of benzene rings is 1. The zero-order valence-electron chi connectivity index (χ0n) is 15.5. The van der Waals surface area contributed by atoms with E-state index in [9.17, 15) is 14.0 Å². The SMILES string of the molecule is CC(C)c1cc(Oc2c(Cl)cc(NCc3noc(=O)[nH]3)c(F)c2Cl)nn(C)c1=O. The van der Waals surface area contributed by atoms with E-state index in [-0.39, 0.29) is 51.2 Å². The van der Waals surface area contributed by atoms with Crippen LogP contribution in [-0.2, 0) is 13.6 Å². The van der Waals surface area contributed by atoms with Crippen LogP contribution in [0.2, 0.25) is 10.0 Å². The molecule has 0 aliphatic rings. The summed E-state index contributed by atoms with van der Waals surface area (Å²) in [7, 11) is 1.48. The van der Waals surface area contributed by atoms with Crippen molar-refractivity contribution >= 4 is 28.9 Å². The van der Waals surface area contributed by atoms with Gasteiger partial charge in [-0.05, 0) is 12.0 Å². The van der Waals surface area contributed by atoms with Gasteiger partial charge in [0.15, 0.2) is 17.4 Å². The van der Waals surface area contributed by atoms with Gasteiger partial charge < -0.3 is 10.1 Å². The Morgan fingerprint density at radius 2 is 2.07 bits per heavy atom. The fraction of sp³-hybridized carbons (Fsp3) is 0.294. The van der Waals surface area contributed by atoms with Crippen LogP contribution in [0.3, 0.4) is 0 Å². The summed E-state index contributed by atoms with van der Waals surface area (Å²) < 4.78 is 25.8. The minimum absolute atomic E-state index is 0.00861. The minimum Gasteiger partial charge on any atom is -0.434 e. The molecule has 2 aromatic heterocycles. The minimum atomic E-state index is -0.828. The summed E-state index contributed by atoms with van der Waals surface area (Å²) in [5.74, 6) is -1.57. The molecule has 0 spiro atoms. The average Bonchev–Trinajstić information content (AvgIpc) is 3.08. The molecule has 29 heavy (non-hydrogen) atoms. The number of H-pyrrole nitrogens is 1. The summed E-state index contributed by atoms with van der Waals surface area (Å²) in [6, 6.07) is 2.73. The van der Waals surface area contributed by atoms with E-state index in [0.717, 1.165) is 4.68 Å². The Labute approximate surface area is 173 Å². The molecule has 12 heteroatoms. The molecule has 0 saturated carbocycles. The zero-order chi connectivity index (χ0) is 21.3. The summed E-state index contributed by atoms with van der Waals surface area (Å²) in [6.45, 7) is 3.67. The number of hydrogen-bond acceptors (Lipinski definition) is 7. The van der Waals surface area contributed by atoms with Gasteiger partial charge in [0, 0.05) is 18.7 Å². The van der Waals surface area contributed by atoms with E-state index in [1.54, 1.807) is 0 Å². The number of hydrogen-bond donors (Lipinski definition) is 2. The summed E-state index contributed by atoms with van der Waals surface area (Å²) in [5, 5.41) is 9.79. The van der Waals surface area contributed by atoms with Gasteiger partial charge in [0.25, 0.3) is 5.56 Å². The molecule has 2 heterocycles. The molecule has 1 aromatic carbocycles. The highest BCUT2D eigenvalue weighted by atomic mass is 35.5. The highest BCUT2D eigenvalue weighted by Crippen LogP contribution is 2.41. The van der Waals surface area contributed by atoms with E-state index in [2.05, 4.69) is 25.1 Å². The number of nitrogens with one attached hydrogen (secondary N) is 2. The molecule has 0 bridgehead atoms. The number of anilines is 1. The normalized spacial score (nSPS) is 11.1. The molecule has 3 aromatic rings. The third kappa shape index (κ3) is 4.43. The molecular weight excluding hydrogens is 428 g/mol. The van der Waals surface area contributed by atoms with Gasteiger partial charge in [-0.25, -0.2) is 13.9 Å². The smallest absolute Gasteiger partial charge is 0.434 e. The summed E-state index contributed by atoms with van der Waals surface area (Å²) in [6.07, 6.45) is 0. The molecule has 154 valence electrons. The maximum atomic E-state index is 14.7. The van der Waals surface area contributed by atoms with Crippen molar-refractivity contribution in [3.05, 3.63) is 60.3 Å². The Kier molecular flexibility index (Phi) is 5.94. The van der Waals surface area contributed by atoms with Crippen molar-refractivity contribution in [3.8, 4) is 11.6 Å². The van der Waals surface area contributed by atoms with Crippen molar-refractivity contribution in [2.45, 2.75) is 26.3 Å². The molecule has 0 atom stereocenters. The van der Waals surface area contributed by atoms with Gasteiger partial charge >= 0.3 is 5.76 Å². The third-order valence-corrected chi connectivity index (χ3v) is 4.56. The first-order chi connectivity index (χ1) is 13.7. The topological polar surface area (TPSA) is 115 Å². The lowest BCUT2D eigenvalue weighted by Crippen LogP contribution is -2.24. The van der Waals surface area contributed by atoms with Crippen molar-refractivity contribution in [2.24, 2.45) is 7.05 Å². The molecule has 0 aliphatic carbocycles. The Morgan fingerprint density at radius 3 is 2.69 bits per heavy atom. The highest BCUT2D eigenvalue weighted by Gasteiger charge is 2.20. The van der Waals surface area contributed by atoms with Crippen molar-refractivity contribution in [3.63, 3.8) is 0 Å². The molecule has 2 N–H and O–H groups in total. The van der Waals surface area contributed by atoms with Gasteiger partial charge in [-0.15, -0.1) is 5.10 Å². The molecule has 0 radical (unpaired) electrons. The fourth-order valence-corrected chi connectivity index (χ4v) is 3.02. The van der Waals surface area contributed by atoms with E-state index in [4.69, 9.17) is 27.9 Å². The predicted molar refractivity (Wildman–Crippen MR) is 105 cm³/mol. The number of aromatic amines is 1. The Morgan fingerprint density at radius 1 is 1.34 bits per heavy atom. The molecule has 0 unspecified atom stereocenters. The third-order valence-electron chi connectivity index (χ3n) is 3.94. The average molecular weight is 444 g/mol. The van der Waals surface area contributed by atoms with Crippen LogP contribution in [-0.4, -0.2) is 19.9 Å². The molecule has 0 aliphatic heterocycles. The van der Waals surface area contributed by atoms with Gasteiger partial charge in [-0.2, -0.15) is 0 Å². The summed E-state index contributed by atoms with van der Waals surface area (Å²) in [5.41, 5.74) is 0.179. The number of aromatic nitrogens is 4. The molecule has 0 amide bonds. The number of halogens is 3. The maximum Gasteiger partial charge on any atom is 0.438 e. The van der Waals surface area contributed by atoms with Crippen molar-refractivity contribution in [1.82, 2.24) is 19.9 Å². The predicted octanol–water partition coefficient (Wildman–Crippen LogP) is 3.43. The van der Waals surface area contributed by atoms with E-state index in [1.165, 1.54) is 19.2 Å². The summed E-state index contributed by atoms with van der Waals surface area (Å²) in [4.78, 5) is 25.4. The second kappa shape index (κ2) is 8.26. The van der Waals surface area contributed by atoms with Crippen molar-refractivity contribution in [2.75, 3.05) is 5.32 Å². The lowest BCUT2D eigenvalue weighted by molar-refractivity contribution is 0.382. The molecular formula is C17H16Cl2FN5O4. The van der Waals surface area contributed by atoms with Gasteiger partial charge in [-0.1, -0.05) is 42.2 Å². The number of aryl methyl sites for hydroxylation is 1. The van der Waals surface area contributed by atoms with Gasteiger partial charge in [0.2, 0.25) is 5.88 Å². The summed E-state index contributed by atoms with van der Waals surface area (Å²) >= 11 is 12.3. The largest absolute Gasteiger partial charge is 0.438 e. The van der Waals surface area contributed by atoms with Crippen LogP contribution in [0.25, 0.3) is 0 Å². The fourth-order valence-electron chi connectivity index (χ4n) is 2.49. The maximum absolute atomic E-state index is 14.7. The number of rotatable bonds is 6.